The van der Waals surface area contributed by atoms with Crippen molar-refractivity contribution in [3.63, 3.8) is 0 Å². The molecule has 2 aromatic rings. The monoisotopic (exact) mass is 295 g/mol. The second-order valence-corrected chi connectivity index (χ2v) is 6.69. The Bertz CT molecular complexity index is 674. The average molecular weight is 295 g/mol. The average Bonchev–Trinajstić information content (AvgIpc) is 2.88. The first-order chi connectivity index (χ1) is 10.4. The molecular formula is C19H21NO2. The maximum Gasteiger partial charge on any atom is 0.239 e. The molecule has 1 aliphatic heterocycles. The van der Waals surface area contributed by atoms with Gasteiger partial charge >= 0.3 is 0 Å². The summed E-state index contributed by atoms with van der Waals surface area (Å²) >= 11 is 0. The third kappa shape index (κ3) is 2.58. The minimum Gasteiger partial charge on any atom is -0.357 e. The number of ether oxygens (including phenoxy) is 1. The summed E-state index contributed by atoms with van der Waals surface area (Å²) in [5, 5.41) is 11.3. The van der Waals surface area contributed by atoms with E-state index in [9.17, 15) is 5.11 Å². The van der Waals surface area contributed by atoms with Crippen LogP contribution in [-0.4, -0.2) is 17.0 Å². The Kier molecular flexibility index (Phi) is 3.63. The number of nitrogens with zero attached hydrogens (tertiary/aromatic N) is 1. The molecule has 114 valence electrons. The van der Waals surface area contributed by atoms with Gasteiger partial charge in [-0.3, -0.25) is 4.99 Å². The molecule has 3 nitrogen and oxygen atoms in total. The summed E-state index contributed by atoms with van der Waals surface area (Å²) in [6, 6.07) is 19.1. The fraction of sp³-hybridized carbons (Fsp3) is 0.316. The highest BCUT2D eigenvalue weighted by Crippen LogP contribution is 2.40. The molecule has 1 heterocycles. The lowest BCUT2D eigenvalue weighted by Crippen LogP contribution is -2.38. The highest BCUT2D eigenvalue weighted by molar-refractivity contribution is 6.06. The fourth-order valence-corrected chi connectivity index (χ4v) is 2.55. The predicted molar refractivity (Wildman–Crippen MR) is 87.6 cm³/mol. The summed E-state index contributed by atoms with van der Waals surface area (Å²) in [5.74, 6) is -1.51. The van der Waals surface area contributed by atoms with Crippen molar-refractivity contribution in [3.05, 3.63) is 71.8 Å². The van der Waals surface area contributed by atoms with Crippen LogP contribution >= 0.6 is 0 Å². The van der Waals surface area contributed by atoms with Gasteiger partial charge in [0.2, 0.25) is 5.79 Å². The molecule has 0 spiro atoms. The van der Waals surface area contributed by atoms with Crippen LogP contribution in [0.15, 0.2) is 65.7 Å². The van der Waals surface area contributed by atoms with Gasteiger partial charge in [0.15, 0.2) is 6.23 Å². The molecule has 0 aromatic heterocycles. The summed E-state index contributed by atoms with van der Waals surface area (Å²) < 4.78 is 6.02. The zero-order chi connectivity index (χ0) is 15.8. The highest BCUT2D eigenvalue weighted by Gasteiger charge is 2.48. The maximum absolute atomic E-state index is 11.3. The highest BCUT2D eigenvalue weighted by atomic mass is 16.6. The zero-order valence-corrected chi connectivity index (χ0v) is 13.2. The molecule has 2 aromatic carbocycles. The Labute approximate surface area is 131 Å². The molecule has 0 unspecified atom stereocenters. The maximum atomic E-state index is 11.3. The lowest BCUT2D eigenvalue weighted by atomic mass is 9.95. The van der Waals surface area contributed by atoms with E-state index in [2.05, 4.69) is 20.8 Å². The molecule has 1 N–H and O–H groups in total. The molecule has 0 radical (unpaired) electrons. The Morgan fingerprint density at radius 3 is 2.05 bits per heavy atom. The smallest absolute Gasteiger partial charge is 0.239 e. The van der Waals surface area contributed by atoms with E-state index in [0.717, 1.165) is 5.56 Å². The van der Waals surface area contributed by atoms with Crippen LogP contribution in [0.1, 0.15) is 31.9 Å². The minimum atomic E-state index is -1.51. The summed E-state index contributed by atoms with van der Waals surface area (Å²) in [6.45, 7) is 6.17. The summed E-state index contributed by atoms with van der Waals surface area (Å²) in [6.07, 6.45) is -0.395. The second-order valence-electron chi connectivity index (χ2n) is 6.69. The first-order valence-corrected chi connectivity index (χ1v) is 7.51. The zero-order valence-electron chi connectivity index (χ0n) is 13.2. The topological polar surface area (TPSA) is 41.8 Å². The van der Waals surface area contributed by atoms with Crippen LogP contribution in [-0.2, 0) is 10.5 Å². The molecule has 3 heteroatoms. The van der Waals surface area contributed by atoms with Crippen LogP contribution < -0.4 is 0 Å². The molecule has 0 amide bonds. The van der Waals surface area contributed by atoms with Gasteiger partial charge in [-0.25, -0.2) is 0 Å². The van der Waals surface area contributed by atoms with E-state index >= 15 is 0 Å². The van der Waals surface area contributed by atoms with Crippen molar-refractivity contribution in [3.8, 4) is 0 Å². The van der Waals surface area contributed by atoms with E-state index in [1.165, 1.54) is 0 Å². The van der Waals surface area contributed by atoms with Gasteiger partial charge in [-0.15, -0.1) is 0 Å². The Balaban J connectivity index is 2.12. The number of hydrogen-bond acceptors (Lipinski definition) is 3. The van der Waals surface area contributed by atoms with Crippen LogP contribution in [0.4, 0.5) is 0 Å². The van der Waals surface area contributed by atoms with Gasteiger partial charge in [0.25, 0.3) is 0 Å². The van der Waals surface area contributed by atoms with E-state index in [0.29, 0.717) is 11.3 Å². The van der Waals surface area contributed by atoms with Crippen LogP contribution in [0.25, 0.3) is 0 Å². The van der Waals surface area contributed by atoms with Gasteiger partial charge in [0, 0.05) is 16.5 Å². The number of hydrogen-bond donors (Lipinski definition) is 1. The lowest BCUT2D eigenvalue weighted by Gasteiger charge is -2.29. The number of benzene rings is 2. The van der Waals surface area contributed by atoms with E-state index in [-0.39, 0.29) is 5.41 Å². The number of rotatable bonds is 2. The molecule has 2 atom stereocenters. The van der Waals surface area contributed by atoms with Crippen LogP contribution in [0.5, 0.6) is 0 Å². The van der Waals surface area contributed by atoms with Gasteiger partial charge in [0.1, 0.15) is 5.71 Å². The van der Waals surface area contributed by atoms with Crippen molar-refractivity contribution in [2.75, 3.05) is 0 Å². The van der Waals surface area contributed by atoms with Crippen LogP contribution in [0.2, 0.25) is 0 Å². The SMILES string of the molecule is CC(C)(C)[C@@H]1N=C(c2ccccc2)[C@](O)(c2ccccc2)O1. The van der Waals surface area contributed by atoms with E-state index in [1.807, 2.05) is 60.7 Å². The van der Waals surface area contributed by atoms with Crippen molar-refractivity contribution in [2.45, 2.75) is 32.8 Å². The van der Waals surface area contributed by atoms with Crippen molar-refractivity contribution in [2.24, 2.45) is 10.4 Å². The third-order valence-electron chi connectivity index (χ3n) is 3.80. The van der Waals surface area contributed by atoms with E-state index in [4.69, 9.17) is 9.73 Å². The first-order valence-electron chi connectivity index (χ1n) is 7.51. The lowest BCUT2D eigenvalue weighted by molar-refractivity contribution is -0.191. The molecule has 0 saturated carbocycles. The van der Waals surface area contributed by atoms with Gasteiger partial charge < -0.3 is 9.84 Å². The van der Waals surface area contributed by atoms with E-state index < -0.39 is 12.0 Å². The van der Waals surface area contributed by atoms with E-state index in [1.54, 1.807) is 0 Å². The standard InChI is InChI=1S/C19H21NO2/c1-18(2,3)17-20-16(14-10-6-4-7-11-14)19(21,22-17)15-12-8-5-9-13-15/h4-13,17,21H,1-3H3/t17-,19+/m1/s1. The largest absolute Gasteiger partial charge is 0.357 e. The second kappa shape index (κ2) is 5.34. The Hall–Kier alpha value is -1.97. The molecule has 0 aliphatic carbocycles. The number of aliphatic imine (C=N–C) groups is 1. The van der Waals surface area contributed by atoms with Gasteiger partial charge in [-0.1, -0.05) is 81.4 Å². The van der Waals surface area contributed by atoms with Crippen LogP contribution in [0.3, 0.4) is 0 Å². The molecule has 3 rings (SSSR count). The Morgan fingerprint density at radius 1 is 0.955 bits per heavy atom. The molecule has 0 bridgehead atoms. The summed E-state index contributed by atoms with van der Waals surface area (Å²) in [4.78, 5) is 4.70. The van der Waals surface area contributed by atoms with Gasteiger partial charge in [-0.2, -0.15) is 0 Å². The predicted octanol–water partition coefficient (Wildman–Crippen LogP) is 3.72. The molecule has 1 aliphatic rings. The van der Waals surface area contributed by atoms with Crippen LogP contribution in [0, 0.1) is 5.41 Å². The summed E-state index contributed by atoms with van der Waals surface area (Å²) in [7, 11) is 0. The van der Waals surface area contributed by atoms with Crippen molar-refractivity contribution in [1.29, 1.82) is 0 Å². The Morgan fingerprint density at radius 2 is 1.50 bits per heavy atom. The molecule has 0 fully saturated rings. The van der Waals surface area contributed by atoms with Gasteiger partial charge in [-0.05, 0) is 0 Å². The van der Waals surface area contributed by atoms with Gasteiger partial charge in [0.05, 0.1) is 0 Å². The quantitative estimate of drug-likeness (QED) is 0.917. The minimum absolute atomic E-state index is 0.195. The normalized spacial score (nSPS) is 25.1. The van der Waals surface area contributed by atoms with Crippen molar-refractivity contribution in [1.82, 2.24) is 0 Å². The molecule has 0 saturated heterocycles. The fourth-order valence-electron chi connectivity index (χ4n) is 2.55. The molecule has 22 heavy (non-hydrogen) atoms. The number of aliphatic hydroxyl groups is 1. The summed E-state index contributed by atoms with van der Waals surface area (Å²) in [5.41, 5.74) is 1.95. The third-order valence-corrected chi connectivity index (χ3v) is 3.80. The molecular weight excluding hydrogens is 274 g/mol. The van der Waals surface area contributed by atoms with Crippen molar-refractivity contribution < 1.29 is 9.84 Å². The van der Waals surface area contributed by atoms with Crippen molar-refractivity contribution >= 4 is 5.71 Å². The first kappa shape index (κ1) is 14.9.